The average molecular weight is 265 g/mol. The average Bonchev–Trinajstić information content (AvgIpc) is 2.54. The van der Waals surface area contributed by atoms with Gasteiger partial charge in [-0.2, -0.15) is 13.2 Å². The third-order valence-corrected chi connectivity index (χ3v) is 3.41. The molecule has 2 heterocycles. The molecule has 0 aliphatic heterocycles. The monoisotopic (exact) mass is 265 g/mol. The highest BCUT2D eigenvalue weighted by atomic mass is 32.2. The Labute approximate surface area is 93.8 Å². The van der Waals surface area contributed by atoms with Crippen LogP contribution < -0.4 is 0 Å². The predicted molar refractivity (Wildman–Crippen MR) is 51.0 cm³/mol. The zero-order valence-electron chi connectivity index (χ0n) is 8.43. The first kappa shape index (κ1) is 11.8. The molecule has 0 N–H and O–H groups in total. The van der Waals surface area contributed by atoms with Gasteiger partial charge in [-0.3, -0.25) is 4.40 Å². The molecule has 0 atom stereocenters. The van der Waals surface area contributed by atoms with Gasteiger partial charge in [-0.25, -0.2) is 18.4 Å². The Kier molecular flexibility index (Phi) is 2.38. The quantitative estimate of drug-likeness (QED) is 0.730. The van der Waals surface area contributed by atoms with Crippen LogP contribution in [0.2, 0.25) is 0 Å². The second-order valence-electron chi connectivity index (χ2n) is 3.32. The molecule has 0 amide bonds. The lowest BCUT2D eigenvalue weighted by molar-refractivity contribution is -0.0438. The minimum absolute atomic E-state index is 0.0975. The summed E-state index contributed by atoms with van der Waals surface area (Å²) in [6.07, 6.45) is 2.50. The summed E-state index contributed by atoms with van der Waals surface area (Å²) in [6, 6.07) is 0.788. The van der Waals surface area contributed by atoms with E-state index in [4.69, 9.17) is 0 Å². The molecule has 2 aromatic rings. The third kappa shape index (κ3) is 1.86. The minimum Gasteiger partial charge on any atom is -0.290 e. The molecule has 0 aliphatic carbocycles. The summed E-state index contributed by atoms with van der Waals surface area (Å²) in [4.78, 5) is 7.13. The lowest BCUT2D eigenvalue weighted by atomic mass is 10.6. The van der Waals surface area contributed by atoms with Crippen molar-refractivity contribution in [1.82, 2.24) is 14.4 Å². The molecule has 0 aliphatic rings. The van der Waals surface area contributed by atoms with Crippen molar-refractivity contribution in [2.45, 2.75) is 17.5 Å². The fourth-order valence-electron chi connectivity index (χ4n) is 1.27. The topological polar surface area (TPSA) is 64.3 Å². The third-order valence-electron chi connectivity index (χ3n) is 2.02. The largest absolute Gasteiger partial charge is 0.503 e. The van der Waals surface area contributed by atoms with Crippen LogP contribution in [0.1, 0.15) is 5.69 Å². The van der Waals surface area contributed by atoms with Crippen LogP contribution in [0.15, 0.2) is 23.6 Å². The van der Waals surface area contributed by atoms with Gasteiger partial charge in [0, 0.05) is 12.3 Å². The highest BCUT2D eigenvalue weighted by molar-refractivity contribution is 7.92. The van der Waals surface area contributed by atoms with Crippen LogP contribution in [-0.2, 0) is 9.84 Å². The number of sulfone groups is 1. The van der Waals surface area contributed by atoms with E-state index in [0.29, 0.717) is 5.69 Å². The first-order valence-corrected chi connectivity index (χ1v) is 5.83. The van der Waals surface area contributed by atoms with Crippen molar-refractivity contribution >= 4 is 15.5 Å². The Morgan fingerprint density at radius 2 is 2.00 bits per heavy atom. The van der Waals surface area contributed by atoms with Crippen LogP contribution in [-0.4, -0.2) is 28.3 Å². The Balaban J connectivity index is 2.65. The van der Waals surface area contributed by atoms with Crippen molar-refractivity contribution in [2.24, 2.45) is 0 Å². The Bertz CT molecular complexity index is 675. The fraction of sp³-hybridized carbons (Fsp3) is 0.250. The number of rotatable bonds is 1. The maximum atomic E-state index is 12.3. The molecule has 2 aromatic heterocycles. The molecular weight excluding hydrogens is 259 g/mol. The van der Waals surface area contributed by atoms with E-state index >= 15 is 0 Å². The number of hydrogen-bond donors (Lipinski definition) is 0. The zero-order chi connectivity index (χ0) is 12.8. The number of hydrogen-bond acceptors (Lipinski definition) is 4. The number of nitrogens with zero attached hydrogens (tertiary/aromatic N) is 3. The number of alkyl halides is 3. The molecular formula is C8H6F3N3O2S. The maximum Gasteiger partial charge on any atom is 0.503 e. The number of halogens is 3. The SMILES string of the molecule is Cc1cn2cnc(S(=O)(=O)C(F)(F)F)cc2n1. The second-order valence-corrected chi connectivity index (χ2v) is 5.21. The van der Waals surface area contributed by atoms with Gasteiger partial charge in [0.05, 0.1) is 5.69 Å². The smallest absolute Gasteiger partial charge is 0.290 e. The summed E-state index contributed by atoms with van der Waals surface area (Å²) in [6.45, 7) is 1.63. The number of fused-ring (bicyclic) bond motifs is 1. The second kappa shape index (κ2) is 3.42. The molecule has 2 rings (SSSR count). The maximum absolute atomic E-state index is 12.3. The van der Waals surface area contributed by atoms with Gasteiger partial charge in [-0.15, -0.1) is 0 Å². The summed E-state index contributed by atoms with van der Waals surface area (Å²) >= 11 is 0. The van der Waals surface area contributed by atoms with E-state index in [1.54, 1.807) is 6.92 Å². The summed E-state index contributed by atoms with van der Waals surface area (Å²) in [5, 5.41) is -1.05. The van der Waals surface area contributed by atoms with Gasteiger partial charge in [-0.05, 0) is 6.92 Å². The molecule has 0 radical (unpaired) electrons. The van der Waals surface area contributed by atoms with Gasteiger partial charge >= 0.3 is 5.51 Å². The molecule has 0 aromatic carbocycles. The van der Waals surface area contributed by atoms with E-state index in [0.717, 1.165) is 12.4 Å². The summed E-state index contributed by atoms with van der Waals surface area (Å²) in [7, 11) is -5.42. The Morgan fingerprint density at radius 1 is 1.35 bits per heavy atom. The molecule has 17 heavy (non-hydrogen) atoms. The zero-order valence-corrected chi connectivity index (χ0v) is 9.25. The molecule has 0 bridgehead atoms. The summed E-state index contributed by atoms with van der Waals surface area (Å²) in [5.41, 5.74) is -4.71. The first-order valence-electron chi connectivity index (χ1n) is 4.34. The number of aryl methyl sites for hydroxylation is 1. The van der Waals surface area contributed by atoms with Crippen LogP contribution in [0.3, 0.4) is 0 Å². The highest BCUT2D eigenvalue weighted by Gasteiger charge is 2.48. The Morgan fingerprint density at radius 3 is 2.59 bits per heavy atom. The van der Waals surface area contributed by atoms with E-state index in [1.165, 1.54) is 10.6 Å². The van der Waals surface area contributed by atoms with Crippen molar-refractivity contribution in [2.75, 3.05) is 0 Å². The highest BCUT2D eigenvalue weighted by Crippen LogP contribution is 2.29. The van der Waals surface area contributed by atoms with Crippen molar-refractivity contribution in [3.8, 4) is 0 Å². The van der Waals surface area contributed by atoms with Gasteiger partial charge in [0.2, 0.25) is 0 Å². The Hall–Kier alpha value is -1.64. The number of aromatic nitrogens is 3. The fourth-order valence-corrected chi connectivity index (χ4v) is 1.95. The molecule has 0 fully saturated rings. The van der Waals surface area contributed by atoms with Crippen LogP contribution in [0.4, 0.5) is 13.2 Å². The van der Waals surface area contributed by atoms with Crippen LogP contribution >= 0.6 is 0 Å². The standard InChI is InChI=1S/C8H6F3N3O2S/c1-5-3-14-4-12-7(2-6(14)13-5)17(15,16)8(9,10)11/h2-4H,1H3. The van der Waals surface area contributed by atoms with E-state index in [1.807, 2.05) is 0 Å². The lowest BCUT2D eigenvalue weighted by Gasteiger charge is -2.06. The first-order chi connectivity index (χ1) is 7.72. The minimum atomic E-state index is -5.42. The van der Waals surface area contributed by atoms with Gasteiger partial charge in [0.25, 0.3) is 9.84 Å². The summed E-state index contributed by atoms with van der Waals surface area (Å²) < 4.78 is 60.3. The molecule has 5 nitrogen and oxygen atoms in total. The van der Waals surface area contributed by atoms with Crippen LogP contribution in [0.5, 0.6) is 0 Å². The van der Waals surface area contributed by atoms with Gasteiger partial charge in [-0.1, -0.05) is 0 Å². The van der Waals surface area contributed by atoms with E-state index in [9.17, 15) is 21.6 Å². The number of imidazole rings is 1. The van der Waals surface area contributed by atoms with Crippen molar-refractivity contribution in [1.29, 1.82) is 0 Å². The molecule has 0 unspecified atom stereocenters. The van der Waals surface area contributed by atoms with Crippen LogP contribution in [0, 0.1) is 6.92 Å². The van der Waals surface area contributed by atoms with Gasteiger partial charge in [0.15, 0.2) is 5.03 Å². The van der Waals surface area contributed by atoms with E-state index < -0.39 is 20.4 Å². The van der Waals surface area contributed by atoms with E-state index in [2.05, 4.69) is 9.97 Å². The lowest BCUT2D eigenvalue weighted by Crippen LogP contribution is -2.24. The van der Waals surface area contributed by atoms with Gasteiger partial charge in [0.1, 0.15) is 12.0 Å². The normalized spacial score (nSPS) is 13.2. The van der Waals surface area contributed by atoms with E-state index in [-0.39, 0.29) is 5.65 Å². The molecule has 92 valence electrons. The molecule has 0 saturated carbocycles. The molecule has 0 spiro atoms. The predicted octanol–water partition coefficient (Wildman–Crippen LogP) is 1.33. The van der Waals surface area contributed by atoms with Crippen molar-refractivity contribution in [3.63, 3.8) is 0 Å². The molecule has 0 saturated heterocycles. The van der Waals surface area contributed by atoms with Crippen molar-refractivity contribution < 1.29 is 21.6 Å². The molecule has 9 heteroatoms. The van der Waals surface area contributed by atoms with Crippen molar-refractivity contribution in [3.05, 3.63) is 24.3 Å². The van der Waals surface area contributed by atoms with Gasteiger partial charge < -0.3 is 0 Å². The van der Waals surface area contributed by atoms with Crippen LogP contribution in [0.25, 0.3) is 5.65 Å². The summed E-state index contributed by atoms with van der Waals surface area (Å²) in [5.74, 6) is 0.